The lowest BCUT2D eigenvalue weighted by molar-refractivity contribution is 0.0948. The molecule has 2 aromatic heterocycles. The van der Waals surface area contributed by atoms with E-state index in [2.05, 4.69) is 15.3 Å². The van der Waals surface area contributed by atoms with E-state index < -0.39 is 17.5 Å². The Kier molecular flexibility index (Phi) is 4.56. The molecular weight excluding hydrogens is 328 g/mol. The quantitative estimate of drug-likeness (QED) is 0.764. The lowest BCUT2D eigenvalue weighted by atomic mass is 10.1. The van der Waals surface area contributed by atoms with E-state index in [1.54, 1.807) is 31.2 Å². The number of aromatic nitrogens is 2. The van der Waals surface area contributed by atoms with Crippen molar-refractivity contribution in [3.05, 3.63) is 75.5 Å². The summed E-state index contributed by atoms with van der Waals surface area (Å²) in [5.41, 5.74) is 0.526. The molecule has 25 heavy (non-hydrogen) atoms. The Morgan fingerprint density at radius 2 is 1.96 bits per heavy atom. The van der Waals surface area contributed by atoms with Gasteiger partial charge >= 0.3 is 0 Å². The maximum atomic E-state index is 13.5. The molecule has 0 bridgehead atoms. The van der Waals surface area contributed by atoms with E-state index in [4.69, 9.17) is 0 Å². The molecule has 2 heterocycles. The standard InChI is InChI=1S/C18H15F2N3O2/c1-10-12-4-2-3-5-13(12)17(24)23-16(10)18(25)21-7-6-15-14(20)8-11(19)9-22-15/h2-5,8-9H,6-7H2,1H3,(H,21,25)(H,23,24). The van der Waals surface area contributed by atoms with Crippen molar-refractivity contribution in [1.29, 1.82) is 0 Å². The molecule has 0 atom stereocenters. The van der Waals surface area contributed by atoms with Crippen LogP contribution >= 0.6 is 0 Å². The summed E-state index contributed by atoms with van der Waals surface area (Å²) in [5.74, 6) is -1.98. The van der Waals surface area contributed by atoms with E-state index in [-0.39, 0.29) is 29.9 Å². The normalized spacial score (nSPS) is 10.8. The monoisotopic (exact) mass is 343 g/mol. The largest absolute Gasteiger partial charge is 0.350 e. The molecule has 0 radical (unpaired) electrons. The average molecular weight is 343 g/mol. The number of pyridine rings is 2. The first-order valence-corrected chi connectivity index (χ1v) is 7.67. The highest BCUT2D eigenvalue weighted by Gasteiger charge is 2.14. The summed E-state index contributed by atoms with van der Waals surface area (Å²) in [7, 11) is 0. The van der Waals surface area contributed by atoms with Gasteiger partial charge in [-0.05, 0) is 23.9 Å². The van der Waals surface area contributed by atoms with Crippen molar-refractivity contribution in [2.24, 2.45) is 0 Å². The zero-order valence-corrected chi connectivity index (χ0v) is 13.4. The Bertz CT molecular complexity index is 1010. The smallest absolute Gasteiger partial charge is 0.268 e. The van der Waals surface area contributed by atoms with Crippen LogP contribution in [0.1, 0.15) is 21.7 Å². The zero-order valence-electron chi connectivity index (χ0n) is 13.4. The molecule has 0 aliphatic heterocycles. The summed E-state index contributed by atoms with van der Waals surface area (Å²) in [6.07, 6.45) is 1.03. The topological polar surface area (TPSA) is 74.8 Å². The first-order valence-electron chi connectivity index (χ1n) is 7.67. The first-order chi connectivity index (χ1) is 12.0. The van der Waals surface area contributed by atoms with Gasteiger partial charge in [-0.2, -0.15) is 0 Å². The van der Waals surface area contributed by atoms with Gasteiger partial charge in [0.2, 0.25) is 0 Å². The number of aromatic amines is 1. The molecule has 2 N–H and O–H groups in total. The minimum Gasteiger partial charge on any atom is -0.350 e. The van der Waals surface area contributed by atoms with Crippen LogP contribution < -0.4 is 10.9 Å². The number of amides is 1. The second-order valence-electron chi connectivity index (χ2n) is 5.59. The number of hydrogen-bond donors (Lipinski definition) is 2. The van der Waals surface area contributed by atoms with Crippen LogP contribution in [0.15, 0.2) is 41.3 Å². The lowest BCUT2D eigenvalue weighted by Crippen LogP contribution is -2.29. The van der Waals surface area contributed by atoms with Gasteiger partial charge < -0.3 is 10.3 Å². The molecule has 0 aliphatic rings. The van der Waals surface area contributed by atoms with Gasteiger partial charge in [0.25, 0.3) is 11.5 Å². The van der Waals surface area contributed by atoms with Crippen LogP contribution in [0.25, 0.3) is 10.8 Å². The van der Waals surface area contributed by atoms with Gasteiger partial charge in [0, 0.05) is 24.4 Å². The molecule has 0 saturated carbocycles. The Morgan fingerprint density at radius 3 is 2.68 bits per heavy atom. The third kappa shape index (κ3) is 3.40. The maximum Gasteiger partial charge on any atom is 0.268 e. The summed E-state index contributed by atoms with van der Waals surface area (Å²) < 4.78 is 26.3. The van der Waals surface area contributed by atoms with Crippen LogP contribution in [0.3, 0.4) is 0 Å². The number of H-pyrrole nitrogens is 1. The molecule has 0 spiro atoms. The van der Waals surface area contributed by atoms with Crippen molar-refractivity contribution in [2.45, 2.75) is 13.3 Å². The Morgan fingerprint density at radius 1 is 1.24 bits per heavy atom. The number of aryl methyl sites for hydroxylation is 1. The number of nitrogens with zero attached hydrogens (tertiary/aromatic N) is 1. The minimum absolute atomic E-state index is 0.0606. The molecule has 3 aromatic rings. The fourth-order valence-corrected chi connectivity index (χ4v) is 2.65. The highest BCUT2D eigenvalue weighted by molar-refractivity contribution is 5.99. The van der Waals surface area contributed by atoms with Gasteiger partial charge in [-0.25, -0.2) is 8.78 Å². The van der Waals surface area contributed by atoms with Gasteiger partial charge in [0.05, 0.1) is 11.9 Å². The van der Waals surface area contributed by atoms with Gasteiger partial charge in [0.1, 0.15) is 17.3 Å². The number of carbonyl (C=O) groups excluding carboxylic acids is 1. The van der Waals surface area contributed by atoms with Gasteiger partial charge in [-0.1, -0.05) is 18.2 Å². The third-order valence-corrected chi connectivity index (χ3v) is 3.95. The molecule has 3 rings (SSSR count). The molecule has 1 amide bonds. The van der Waals surface area contributed by atoms with Crippen LogP contribution in [0.2, 0.25) is 0 Å². The molecular formula is C18H15F2N3O2. The van der Waals surface area contributed by atoms with Crippen LogP contribution in [0.5, 0.6) is 0 Å². The van der Waals surface area contributed by atoms with E-state index in [0.717, 1.165) is 12.3 Å². The minimum atomic E-state index is -0.760. The van der Waals surface area contributed by atoms with Crippen molar-refractivity contribution < 1.29 is 13.6 Å². The molecule has 7 heteroatoms. The summed E-state index contributed by atoms with van der Waals surface area (Å²) in [6, 6.07) is 7.75. The van der Waals surface area contributed by atoms with Crippen LogP contribution in [-0.4, -0.2) is 22.4 Å². The number of benzene rings is 1. The fraction of sp³-hybridized carbons (Fsp3) is 0.167. The Labute approximate surface area is 141 Å². The number of nitrogens with one attached hydrogen (secondary N) is 2. The number of hydrogen-bond acceptors (Lipinski definition) is 3. The van der Waals surface area contributed by atoms with Crippen molar-refractivity contribution in [3.63, 3.8) is 0 Å². The van der Waals surface area contributed by atoms with Gasteiger partial charge in [0.15, 0.2) is 0 Å². The third-order valence-electron chi connectivity index (χ3n) is 3.95. The molecule has 0 fully saturated rings. The van der Waals surface area contributed by atoms with Crippen LogP contribution in [-0.2, 0) is 6.42 Å². The first kappa shape index (κ1) is 16.8. The fourth-order valence-electron chi connectivity index (χ4n) is 2.65. The number of carbonyl (C=O) groups is 1. The highest BCUT2D eigenvalue weighted by atomic mass is 19.1. The van der Waals surface area contributed by atoms with Gasteiger partial charge in [-0.15, -0.1) is 0 Å². The van der Waals surface area contributed by atoms with Crippen molar-refractivity contribution in [1.82, 2.24) is 15.3 Å². The van der Waals surface area contributed by atoms with Gasteiger partial charge in [-0.3, -0.25) is 14.6 Å². The van der Waals surface area contributed by atoms with E-state index in [0.29, 0.717) is 16.3 Å². The predicted molar refractivity (Wildman–Crippen MR) is 89.5 cm³/mol. The number of halogens is 2. The molecule has 0 saturated heterocycles. The summed E-state index contributed by atoms with van der Waals surface area (Å²) in [4.78, 5) is 30.7. The summed E-state index contributed by atoms with van der Waals surface area (Å²) in [5, 5.41) is 3.82. The SMILES string of the molecule is Cc1c(C(=O)NCCc2ncc(F)cc2F)[nH]c(=O)c2ccccc12. The van der Waals surface area contributed by atoms with E-state index in [1.807, 2.05) is 0 Å². The maximum absolute atomic E-state index is 13.5. The molecule has 1 aromatic carbocycles. The molecule has 128 valence electrons. The van der Waals surface area contributed by atoms with Crippen molar-refractivity contribution in [2.75, 3.05) is 6.54 Å². The van der Waals surface area contributed by atoms with Crippen molar-refractivity contribution in [3.8, 4) is 0 Å². The number of fused-ring (bicyclic) bond motifs is 1. The molecule has 0 aliphatic carbocycles. The lowest BCUT2D eigenvalue weighted by Gasteiger charge is -2.10. The van der Waals surface area contributed by atoms with Crippen LogP contribution in [0, 0.1) is 18.6 Å². The average Bonchev–Trinajstić information content (AvgIpc) is 2.60. The Hall–Kier alpha value is -3.09. The van der Waals surface area contributed by atoms with Crippen LogP contribution in [0.4, 0.5) is 8.78 Å². The second-order valence-corrected chi connectivity index (χ2v) is 5.59. The summed E-state index contributed by atoms with van der Waals surface area (Å²) >= 11 is 0. The highest BCUT2D eigenvalue weighted by Crippen LogP contribution is 2.16. The second kappa shape index (κ2) is 6.80. The zero-order chi connectivity index (χ0) is 18.0. The van der Waals surface area contributed by atoms with E-state index >= 15 is 0 Å². The van der Waals surface area contributed by atoms with E-state index in [1.165, 1.54) is 0 Å². The predicted octanol–water partition coefficient (Wildman–Crippen LogP) is 2.48. The van der Waals surface area contributed by atoms with E-state index in [9.17, 15) is 18.4 Å². The molecule has 0 unspecified atom stereocenters. The van der Waals surface area contributed by atoms with Crippen molar-refractivity contribution >= 4 is 16.7 Å². The molecule has 5 nitrogen and oxygen atoms in total. The number of rotatable bonds is 4. The Balaban J connectivity index is 1.76. The summed E-state index contributed by atoms with van der Waals surface area (Å²) in [6.45, 7) is 1.84.